The molecule has 3 nitrogen and oxygen atoms in total. The Balaban J connectivity index is 1.95. The molecule has 0 fully saturated rings. The molecule has 0 saturated heterocycles. The molecule has 0 radical (unpaired) electrons. The first-order valence-corrected chi connectivity index (χ1v) is 6.05. The van der Waals surface area contributed by atoms with Crippen LogP contribution in [0.5, 0.6) is 0 Å². The van der Waals surface area contributed by atoms with Crippen molar-refractivity contribution in [2.45, 2.75) is 26.7 Å². The van der Waals surface area contributed by atoms with Crippen molar-refractivity contribution in [3.8, 4) is 0 Å². The van der Waals surface area contributed by atoms with Crippen LogP contribution < -0.4 is 5.32 Å². The number of hydrogen-bond acceptors (Lipinski definition) is 2. The van der Waals surface area contributed by atoms with E-state index >= 15 is 0 Å². The van der Waals surface area contributed by atoms with E-state index in [9.17, 15) is 4.79 Å². The number of nitrogens with one attached hydrogen (secondary N) is 1. The van der Waals surface area contributed by atoms with Crippen LogP contribution in [0.2, 0.25) is 0 Å². The van der Waals surface area contributed by atoms with Crippen LogP contribution in [0.3, 0.4) is 0 Å². The summed E-state index contributed by atoms with van der Waals surface area (Å²) in [6.45, 7) is 3.99. The molecule has 1 aromatic carbocycles. The van der Waals surface area contributed by atoms with E-state index in [-0.39, 0.29) is 5.91 Å². The van der Waals surface area contributed by atoms with Crippen LogP contribution in [0.1, 0.15) is 23.3 Å². The van der Waals surface area contributed by atoms with Crippen LogP contribution in [0.4, 0.5) is 5.69 Å². The Morgan fingerprint density at radius 3 is 2.50 bits per heavy atom. The van der Waals surface area contributed by atoms with Crippen molar-refractivity contribution in [2.75, 3.05) is 5.32 Å². The van der Waals surface area contributed by atoms with Crippen molar-refractivity contribution in [3.63, 3.8) is 0 Å². The second-order valence-corrected chi connectivity index (χ2v) is 4.39. The number of amides is 1. The smallest absolute Gasteiger partial charge is 0.224 e. The van der Waals surface area contributed by atoms with Crippen LogP contribution >= 0.6 is 0 Å². The zero-order chi connectivity index (χ0) is 13.0. The van der Waals surface area contributed by atoms with Crippen LogP contribution in [-0.2, 0) is 11.2 Å². The van der Waals surface area contributed by atoms with E-state index in [1.54, 1.807) is 6.26 Å². The third-order valence-corrected chi connectivity index (χ3v) is 2.92. The minimum atomic E-state index is 0.0174. The van der Waals surface area contributed by atoms with Crippen molar-refractivity contribution >= 4 is 11.6 Å². The molecule has 94 valence electrons. The Morgan fingerprint density at radius 1 is 1.17 bits per heavy atom. The van der Waals surface area contributed by atoms with Crippen LogP contribution in [0.15, 0.2) is 41.0 Å². The highest BCUT2D eigenvalue weighted by atomic mass is 16.3. The molecule has 0 spiro atoms. The van der Waals surface area contributed by atoms with Gasteiger partial charge in [0.25, 0.3) is 0 Å². The maximum atomic E-state index is 11.9. The third kappa shape index (κ3) is 3.00. The molecule has 2 aromatic rings. The fourth-order valence-corrected chi connectivity index (χ4v) is 1.91. The van der Waals surface area contributed by atoms with Crippen LogP contribution in [0.25, 0.3) is 0 Å². The minimum Gasteiger partial charge on any atom is -0.469 e. The molecule has 0 atom stereocenters. The van der Waals surface area contributed by atoms with Gasteiger partial charge in [-0.2, -0.15) is 0 Å². The van der Waals surface area contributed by atoms with E-state index < -0.39 is 0 Å². The first kappa shape index (κ1) is 12.4. The lowest BCUT2D eigenvalue weighted by Gasteiger charge is -2.10. The minimum absolute atomic E-state index is 0.0174. The zero-order valence-corrected chi connectivity index (χ0v) is 10.7. The summed E-state index contributed by atoms with van der Waals surface area (Å²) in [4.78, 5) is 11.9. The van der Waals surface area contributed by atoms with E-state index in [1.807, 2.05) is 44.2 Å². The molecular weight excluding hydrogens is 226 g/mol. The molecule has 0 bridgehead atoms. The monoisotopic (exact) mass is 243 g/mol. The molecule has 0 unspecified atom stereocenters. The van der Waals surface area contributed by atoms with Gasteiger partial charge in [0.1, 0.15) is 5.76 Å². The number of furan rings is 1. The normalized spacial score (nSPS) is 10.3. The summed E-state index contributed by atoms with van der Waals surface area (Å²) in [5.74, 6) is 0.857. The molecule has 3 heteroatoms. The predicted octanol–water partition coefficient (Wildman–Crippen LogP) is 3.47. The second-order valence-electron chi connectivity index (χ2n) is 4.39. The molecule has 0 aliphatic heterocycles. The van der Waals surface area contributed by atoms with E-state index in [1.165, 1.54) is 0 Å². The van der Waals surface area contributed by atoms with E-state index in [0.717, 1.165) is 22.6 Å². The first-order valence-electron chi connectivity index (χ1n) is 6.05. The van der Waals surface area contributed by atoms with Gasteiger partial charge >= 0.3 is 0 Å². The Labute approximate surface area is 107 Å². The molecule has 1 amide bonds. The third-order valence-electron chi connectivity index (χ3n) is 2.92. The Hall–Kier alpha value is -2.03. The van der Waals surface area contributed by atoms with E-state index in [2.05, 4.69) is 5.32 Å². The summed E-state index contributed by atoms with van der Waals surface area (Å²) < 4.78 is 5.20. The van der Waals surface area contributed by atoms with Gasteiger partial charge in [-0.3, -0.25) is 4.79 Å². The fourth-order valence-electron chi connectivity index (χ4n) is 1.91. The summed E-state index contributed by atoms with van der Waals surface area (Å²) in [5, 5.41) is 2.96. The summed E-state index contributed by atoms with van der Waals surface area (Å²) in [7, 11) is 0. The quantitative estimate of drug-likeness (QED) is 0.893. The van der Waals surface area contributed by atoms with Gasteiger partial charge in [0.2, 0.25) is 5.91 Å². The number of para-hydroxylation sites is 1. The number of carbonyl (C=O) groups is 1. The molecule has 0 aliphatic carbocycles. The molecule has 2 rings (SSSR count). The summed E-state index contributed by atoms with van der Waals surface area (Å²) in [6, 6.07) is 9.69. The van der Waals surface area contributed by atoms with Gasteiger partial charge in [0.05, 0.1) is 6.26 Å². The lowest BCUT2D eigenvalue weighted by molar-refractivity contribution is -0.116. The summed E-state index contributed by atoms with van der Waals surface area (Å²) in [5.41, 5.74) is 3.09. The fraction of sp³-hybridized carbons (Fsp3) is 0.267. The maximum absolute atomic E-state index is 11.9. The van der Waals surface area contributed by atoms with Gasteiger partial charge in [-0.25, -0.2) is 0 Å². The molecular formula is C15H17NO2. The largest absolute Gasteiger partial charge is 0.469 e. The number of rotatable bonds is 4. The average molecular weight is 243 g/mol. The Bertz CT molecular complexity index is 509. The van der Waals surface area contributed by atoms with E-state index in [4.69, 9.17) is 4.42 Å². The van der Waals surface area contributed by atoms with Crippen molar-refractivity contribution in [2.24, 2.45) is 0 Å². The molecule has 1 N–H and O–H groups in total. The van der Waals surface area contributed by atoms with Gasteiger partial charge in [-0.05, 0) is 37.1 Å². The number of benzene rings is 1. The van der Waals surface area contributed by atoms with Crippen molar-refractivity contribution in [1.29, 1.82) is 0 Å². The maximum Gasteiger partial charge on any atom is 0.224 e. The highest BCUT2D eigenvalue weighted by molar-refractivity contribution is 5.92. The highest BCUT2D eigenvalue weighted by Crippen LogP contribution is 2.19. The molecule has 1 heterocycles. The van der Waals surface area contributed by atoms with Gasteiger partial charge in [-0.1, -0.05) is 18.2 Å². The second kappa shape index (κ2) is 5.54. The zero-order valence-electron chi connectivity index (χ0n) is 10.7. The summed E-state index contributed by atoms with van der Waals surface area (Å²) >= 11 is 0. The lowest BCUT2D eigenvalue weighted by atomic mass is 10.1. The van der Waals surface area contributed by atoms with Crippen molar-refractivity contribution < 1.29 is 9.21 Å². The first-order chi connectivity index (χ1) is 8.66. The lowest BCUT2D eigenvalue weighted by Crippen LogP contribution is -2.14. The number of aryl methyl sites for hydroxylation is 3. The Kier molecular flexibility index (Phi) is 3.82. The number of hydrogen-bond donors (Lipinski definition) is 1. The van der Waals surface area contributed by atoms with Crippen LogP contribution in [-0.4, -0.2) is 5.91 Å². The molecule has 1 aromatic heterocycles. The van der Waals surface area contributed by atoms with Gasteiger partial charge in [0, 0.05) is 18.5 Å². The number of anilines is 1. The standard InChI is InChI=1S/C15H17NO2/c1-11-5-3-6-12(2)15(11)16-14(17)9-8-13-7-4-10-18-13/h3-7,10H,8-9H2,1-2H3,(H,16,17). The molecule has 0 aliphatic rings. The number of carbonyl (C=O) groups excluding carboxylic acids is 1. The molecule has 0 saturated carbocycles. The summed E-state index contributed by atoms with van der Waals surface area (Å²) in [6.07, 6.45) is 2.68. The average Bonchev–Trinajstić information content (AvgIpc) is 2.84. The van der Waals surface area contributed by atoms with Gasteiger partial charge in [0.15, 0.2) is 0 Å². The van der Waals surface area contributed by atoms with Crippen molar-refractivity contribution in [1.82, 2.24) is 0 Å². The predicted molar refractivity (Wildman–Crippen MR) is 71.6 cm³/mol. The topological polar surface area (TPSA) is 42.2 Å². The van der Waals surface area contributed by atoms with E-state index in [0.29, 0.717) is 12.8 Å². The van der Waals surface area contributed by atoms with Crippen LogP contribution in [0, 0.1) is 13.8 Å². The Morgan fingerprint density at radius 2 is 1.89 bits per heavy atom. The van der Waals surface area contributed by atoms with Gasteiger partial charge < -0.3 is 9.73 Å². The molecule has 18 heavy (non-hydrogen) atoms. The van der Waals surface area contributed by atoms with Gasteiger partial charge in [-0.15, -0.1) is 0 Å². The van der Waals surface area contributed by atoms with Crippen molar-refractivity contribution in [3.05, 3.63) is 53.5 Å². The SMILES string of the molecule is Cc1cccc(C)c1NC(=O)CCc1ccco1. The highest BCUT2D eigenvalue weighted by Gasteiger charge is 2.08.